The number of phenols is 1. The molecule has 0 unspecified atom stereocenters. The van der Waals surface area contributed by atoms with Gasteiger partial charge >= 0.3 is 5.97 Å². The number of hydrogen-bond acceptors (Lipinski definition) is 4. The number of rotatable bonds is 4. The van der Waals surface area contributed by atoms with E-state index >= 15 is 0 Å². The highest BCUT2D eigenvalue weighted by atomic mass is 19.1. The topological polar surface area (TPSA) is 90.2 Å². The smallest absolute Gasteiger partial charge is 0.328 e. The van der Waals surface area contributed by atoms with Crippen LogP contribution in [0.15, 0.2) is 59.7 Å². The van der Waals surface area contributed by atoms with Crippen LogP contribution in [0.4, 0.5) is 4.39 Å². The average Bonchev–Trinajstić information content (AvgIpc) is 3.07. The van der Waals surface area contributed by atoms with Gasteiger partial charge in [-0.3, -0.25) is 4.79 Å². The lowest BCUT2D eigenvalue weighted by Crippen LogP contribution is -2.25. The summed E-state index contributed by atoms with van der Waals surface area (Å²) in [5.41, 5.74) is 2.59. The number of aromatic hydroxyl groups is 1. The Bertz CT molecular complexity index is 951. The summed E-state index contributed by atoms with van der Waals surface area (Å²) < 4.78 is 13.2. The van der Waals surface area contributed by atoms with Gasteiger partial charge < -0.3 is 10.2 Å². The predicted molar refractivity (Wildman–Crippen MR) is 96.8 cm³/mol. The van der Waals surface area contributed by atoms with Crippen molar-refractivity contribution in [3.8, 4) is 5.75 Å². The van der Waals surface area contributed by atoms with Crippen molar-refractivity contribution < 1.29 is 24.2 Å². The highest BCUT2D eigenvalue weighted by molar-refractivity contribution is 6.04. The van der Waals surface area contributed by atoms with Crippen molar-refractivity contribution in [1.29, 1.82) is 0 Å². The molecule has 7 heteroatoms. The molecule has 1 heterocycles. The van der Waals surface area contributed by atoms with Crippen LogP contribution in [0.25, 0.3) is 0 Å². The van der Waals surface area contributed by atoms with Gasteiger partial charge in [0.05, 0.1) is 11.8 Å². The van der Waals surface area contributed by atoms with Gasteiger partial charge in [-0.2, -0.15) is 5.10 Å². The summed E-state index contributed by atoms with van der Waals surface area (Å²) in [6.45, 7) is 1.86. The van der Waals surface area contributed by atoms with Crippen LogP contribution >= 0.6 is 0 Å². The van der Waals surface area contributed by atoms with Crippen LogP contribution in [-0.4, -0.2) is 32.8 Å². The van der Waals surface area contributed by atoms with Gasteiger partial charge in [0.15, 0.2) is 0 Å². The third-order valence-electron chi connectivity index (χ3n) is 4.22. The molecule has 0 saturated carbocycles. The number of nitrogens with zero attached hydrogens (tertiary/aromatic N) is 2. The molecule has 2 aromatic rings. The van der Waals surface area contributed by atoms with E-state index in [1.807, 2.05) is 6.92 Å². The lowest BCUT2D eigenvalue weighted by Gasteiger charge is -2.22. The van der Waals surface area contributed by atoms with Crippen LogP contribution in [0.5, 0.6) is 5.75 Å². The molecule has 3 rings (SSSR count). The number of aliphatic carboxylic acids is 1. The molecule has 0 saturated heterocycles. The molecule has 2 aromatic carbocycles. The first-order valence-electron chi connectivity index (χ1n) is 8.22. The standard InChI is InChI=1S/C20H17FN2O4/c1-12-2-7-18(24)15(10-12)17-11-16(13-3-5-14(21)6-4-13)22-23(17)19(25)8-9-20(26)27/h2-10,17,24H,11H2,1H3,(H,26,27)/b9-8-/t17-/m0/s1. The van der Waals surface area contributed by atoms with Gasteiger partial charge in [-0.15, -0.1) is 0 Å². The number of aryl methyl sites for hydroxylation is 1. The minimum atomic E-state index is -1.25. The molecule has 138 valence electrons. The summed E-state index contributed by atoms with van der Waals surface area (Å²) in [5, 5.41) is 24.5. The molecule has 0 aliphatic carbocycles. The third kappa shape index (κ3) is 4.03. The number of hydrogen-bond donors (Lipinski definition) is 2. The molecular weight excluding hydrogens is 351 g/mol. The second kappa shape index (κ2) is 7.41. The summed E-state index contributed by atoms with van der Waals surface area (Å²) in [6.07, 6.45) is 1.95. The van der Waals surface area contributed by atoms with Gasteiger partial charge in [-0.05, 0) is 30.7 Å². The number of halogens is 1. The minimum absolute atomic E-state index is 0.0150. The zero-order valence-corrected chi connectivity index (χ0v) is 14.5. The quantitative estimate of drug-likeness (QED) is 0.811. The van der Waals surface area contributed by atoms with Gasteiger partial charge in [0.25, 0.3) is 5.91 Å². The SMILES string of the molecule is Cc1ccc(O)c([C@@H]2CC(c3ccc(F)cc3)=NN2C(=O)/C=C\C(=O)O)c1. The van der Waals surface area contributed by atoms with E-state index in [4.69, 9.17) is 5.11 Å². The largest absolute Gasteiger partial charge is 0.508 e. The van der Waals surface area contributed by atoms with Crippen molar-refractivity contribution in [2.45, 2.75) is 19.4 Å². The fourth-order valence-corrected chi connectivity index (χ4v) is 2.93. The van der Waals surface area contributed by atoms with Gasteiger partial charge in [-0.25, -0.2) is 14.2 Å². The van der Waals surface area contributed by atoms with E-state index in [1.165, 1.54) is 18.2 Å². The van der Waals surface area contributed by atoms with E-state index in [1.54, 1.807) is 24.3 Å². The monoisotopic (exact) mass is 368 g/mol. The number of phenolic OH excluding ortho intramolecular Hbond substituents is 1. The molecule has 27 heavy (non-hydrogen) atoms. The van der Waals surface area contributed by atoms with Crippen molar-refractivity contribution in [3.05, 3.63) is 77.1 Å². The first kappa shape index (κ1) is 18.3. The Morgan fingerprint density at radius 2 is 1.89 bits per heavy atom. The van der Waals surface area contributed by atoms with Crippen LogP contribution in [0.1, 0.15) is 29.2 Å². The summed E-state index contributed by atoms with van der Waals surface area (Å²) in [6, 6.07) is 10.1. The van der Waals surface area contributed by atoms with E-state index in [0.29, 0.717) is 23.3 Å². The lowest BCUT2D eigenvalue weighted by molar-refractivity contribution is -0.132. The highest BCUT2D eigenvalue weighted by Gasteiger charge is 2.33. The maximum absolute atomic E-state index is 13.2. The highest BCUT2D eigenvalue weighted by Crippen LogP contribution is 2.37. The number of amides is 1. The maximum Gasteiger partial charge on any atom is 0.328 e. The Balaban J connectivity index is 2.01. The fraction of sp³-hybridized carbons (Fsp3) is 0.150. The molecule has 0 spiro atoms. The Morgan fingerprint density at radius 1 is 1.19 bits per heavy atom. The Labute approximate surface area is 154 Å². The first-order valence-corrected chi connectivity index (χ1v) is 8.22. The lowest BCUT2D eigenvalue weighted by atomic mass is 9.96. The Kier molecular flexibility index (Phi) is 5.03. The van der Waals surface area contributed by atoms with E-state index in [0.717, 1.165) is 22.7 Å². The number of benzene rings is 2. The van der Waals surface area contributed by atoms with E-state index < -0.39 is 17.9 Å². The number of carboxylic acid groups (broad SMARTS) is 1. The van der Waals surface area contributed by atoms with Crippen molar-refractivity contribution in [1.82, 2.24) is 5.01 Å². The predicted octanol–water partition coefficient (Wildman–Crippen LogP) is 3.16. The van der Waals surface area contributed by atoms with Crippen LogP contribution in [0.2, 0.25) is 0 Å². The van der Waals surface area contributed by atoms with Gasteiger partial charge in [-0.1, -0.05) is 29.8 Å². The molecular formula is C20H17FN2O4. The summed E-state index contributed by atoms with van der Waals surface area (Å²) in [7, 11) is 0. The summed E-state index contributed by atoms with van der Waals surface area (Å²) in [5.74, 6) is -2.25. The van der Waals surface area contributed by atoms with Gasteiger partial charge in [0.1, 0.15) is 11.6 Å². The van der Waals surface area contributed by atoms with Crippen LogP contribution in [0.3, 0.4) is 0 Å². The van der Waals surface area contributed by atoms with Crippen molar-refractivity contribution in [2.75, 3.05) is 0 Å². The molecule has 1 amide bonds. The number of hydrazone groups is 1. The number of carboxylic acids is 1. The molecule has 0 aromatic heterocycles. The molecule has 6 nitrogen and oxygen atoms in total. The van der Waals surface area contributed by atoms with E-state index in [-0.39, 0.29) is 11.6 Å². The van der Waals surface area contributed by atoms with E-state index in [9.17, 15) is 19.1 Å². The van der Waals surface area contributed by atoms with Crippen molar-refractivity contribution >= 4 is 17.6 Å². The van der Waals surface area contributed by atoms with Crippen LogP contribution in [0, 0.1) is 12.7 Å². The molecule has 0 fully saturated rings. The molecule has 0 bridgehead atoms. The third-order valence-corrected chi connectivity index (χ3v) is 4.22. The molecule has 1 aliphatic heterocycles. The molecule has 1 aliphatic rings. The molecule has 0 radical (unpaired) electrons. The van der Waals surface area contributed by atoms with Crippen LogP contribution < -0.4 is 0 Å². The Morgan fingerprint density at radius 3 is 2.56 bits per heavy atom. The molecule has 2 N–H and O–H groups in total. The second-order valence-corrected chi connectivity index (χ2v) is 6.19. The molecule has 1 atom stereocenters. The van der Waals surface area contributed by atoms with E-state index in [2.05, 4.69) is 5.10 Å². The van der Waals surface area contributed by atoms with Crippen molar-refractivity contribution in [2.24, 2.45) is 5.10 Å². The number of carbonyl (C=O) groups is 2. The van der Waals surface area contributed by atoms with Crippen LogP contribution in [-0.2, 0) is 9.59 Å². The zero-order chi connectivity index (χ0) is 19.6. The fourth-order valence-electron chi connectivity index (χ4n) is 2.93. The second-order valence-electron chi connectivity index (χ2n) is 6.19. The normalized spacial score (nSPS) is 16.6. The van der Waals surface area contributed by atoms with Gasteiger partial charge in [0, 0.05) is 24.1 Å². The summed E-state index contributed by atoms with van der Waals surface area (Å²) in [4.78, 5) is 23.2. The average molecular weight is 368 g/mol. The van der Waals surface area contributed by atoms with Gasteiger partial charge in [0.2, 0.25) is 0 Å². The van der Waals surface area contributed by atoms with Crippen molar-refractivity contribution in [3.63, 3.8) is 0 Å². The first-order chi connectivity index (χ1) is 12.8. The Hall–Kier alpha value is -3.48. The number of carbonyl (C=O) groups excluding carboxylic acids is 1. The maximum atomic E-state index is 13.2. The zero-order valence-electron chi connectivity index (χ0n) is 14.5. The summed E-state index contributed by atoms with van der Waals surface area (Å²) >= 11 is 0. The minimum Gasteiger partial charge on any atom is -0.508 e.